The molecule has 8 heteroatoms. The number of halogens is 3. The molecule has 0 aromatic heterocycles. The zero-order chi connectivity index (χ0) is 15.6. The molecule has 0 atom stereocenters. The van der Waals surface area contributed by atoms with E-state index in [9.17, 15) is 8.42 Å². The molecule has 0 saturated heterocycles. The van der Waals surface area contributed by atoms with E-state index < -0.39 is 10.0 Å². The zero-order valence-corrected chi connectivity index (χ0v) is 13.7. The fourth-order valence-corrected chi connectivity index (χ4v) is 3.87. The quantitative estimate of drug-likeness (QED) is 0.863. The first-order chi connectivity index (χ1) is 9.85. The molecule has 0 heterocycles. The molecule has 0 aliphatic carbocycles. The number of anilines is 1. The summed E-state index contributed by atoms with van der Waals surface area (Å²) in [6.07, 6.45) is 0. The molecule has 2 aromatic rings. The van der Waals surface area contributed by atoms with Crippen LogP contribution in [0.4, 0.5) is 5.69 Å². The highest BCUT2D eigenvalue weighted by Gasteiger charge is 2.21. The van der Waals surface area contributed by atoms with Gasteiger partial charge in [-0.2, -0.15) is 0 Å². The summed E-state index contributed by atoms with van der Waals surface area (Å²) in [5.74, 6) is 0. The van der Waals surface area contributed by atoms with Crippen molar-refractivity contribution in [3.63, 3.8) is 0 Å². The Morgan fingerprint density at radius 2 is 1.67 bits per heavy atom. The summed E-state index contributed by atoms with van der Waals surface area (Å²) in [5, 5.41) is 0.612. The smallest absolute Gasteiger partial charge is 0.263 e. The molecular formula is C13H11Cl3N2O2S. The summed E-state index contributed by atoms with van der Waals surface area (Å²) >= 11 is 17.8. The van der Waals surface area contributed by atoms with E-state index in [0.717, 1.165) is 0 Å². The molecule has 21 heavy (non-hydrogen) atoms. The van der Waals surface area contributed by atoms with Gasteiger partial charge in [0.05, 0.1) is 15.7 Å². The van der Waals surface area contributed by atoms with E-state index in [0.29, 0.717) is 10.6 Å². The van der Waals surface area contributed by atoms with Gasteiger partial charge in [0.15, 0.2) is 0 Å². The van der Waals surface area contributed by atoms with Gasteiger partial charge in [0, 0.05) is 11.6 Å². The van der Waals surface area contributed by atoms with Crippen molar-refractivity contribution in [2.45, 2.75) is 11.4 Å². The lowest BCUT2D eigenvalue weighted by atomic mass is 10.2. The number of hydrogen-bond donors (Lipinski definition) is 2. The number of hydrogen-bond acceptors (Lipinski definition) is 3. The van der Waals surface area contributed by atoms with Crippen LogP contribution in [0.2, 0.25) is 15.1 Å². The van der Waals surface area contributed by atoms with E-state index in [2.05, 4.69) is 4.72 Å². The molecule has 0 fully saturated rings. The van der Waals surface area contributed by atoms with E-state index in [1.807, 2.05) is 0 Å². The Hall–Kier alpha value is -0.980. The van der Waals surface area contributed by atoms with Gasteiger partial charge in [-0.25, -0.2) is 8.42 Å². The number of para-hydroxylation sites is 1. The highest BCUT2D eigenvalue weighted by molar-refractivity contribution is 7.92. The zero-order valence-electron chi connectivity index (χ0n) is 10.6. The average molecular weight is 366 g/mol. The maximum Gasteiger partial charge on any atom is 0.263 e. The van der Waals surface area contributed by atoms with Crippen LogP contribution in [0.5, 0.6) is 0 Å². The van der Waals surface area contributed by atoms with Crippen LogP contribution in [0.1, 0.15) is 5.56 Å². The number of benzene rings is 2. The molecule has 0 aliphatic rings. The Bertz CT molecular complexity index is 779. The summed E-state index contributed by atoms with van der Waals surface area (Å²) in [5.41, 5.74) is 6.28. The van der Waals surface area contributed by atoms with Gasteiger partial charge in [-0.1, -0.05) is 46.9 Å². The normalized spacial score (nSPS) is 11.4. The molecule has 4 nitrogen and oxygen atoms in total. The van der Waals surface area contributed by atoms with Crippen LogP contribution in [0, 0.1) is 0 Å². The molecule has 3 N–H and O–H groups in total. The Labute approximate surface area is 137 Å². The van der Waals surface area contributed by atoms with Gasteiger partial charge in [-0.15, -0.1) is 0 Å². The summed E-state index contributed by atoms with van der Waals surface area (Å²) in [6, 6.07) is 9.19. The van der Waals surface area contributed by atoms with Gasteiger partial charge < -0.3 is 5.73 Å². The van der Waals surface area contributed by atoms with Gasteiger partial charge in [-0.3, -0.25) is 4.72 Å². The van der Waals surface area contributed by atoms with Crippen molar-refractivity contribution in [2.24, 2.45) is 5.73 Å². The minimum absolute atomic E-state index is 0.0109. The fourth-order valence-electron chi connectivity index (χ4n) is 1.68. The van der Waals surface area contributed by atoms with Crippen LogP contribution < -0.4 is 10.5 Å². The van der Waals surface area contributed by atoms with Crippen LogP contribution in [-0.2, 0) is 16.6 Å². The van der Waals surface area contributed by atoms with E-state index in [1.165, 1.54) is 12.1 Å². The monoisotopic (exact) mass is 364 g/mol. The molecule has 0 spiro atoms. The lowest BCUT2D eigenvalue weighted by Gasteiger charge is -2.12. The van der Waals surface area contributed by atoms with Gasteiger partial charge in [0.2, 0.25) is 0 Å². The highest BCUT2D eigenvalue weighted by Crippen LogP contribution is 2.31. The first-order valence-corrected chi connectivity index (χ1v) is 8.42. The molecule has 2 aromatic carbocycles. The van der Waals surface area contributed by atoms with Gasteiger partial charge in [0.1, 0.15) is 4.90 Å². The van der Waals surface area contributed by atoms with Crippen LogP contribution in [0.15, 0.2) is 41.3 Å². The maximum atomic E-state index is 12.4. The molecule has 0 amide bonds. The highest BCUT2D eigenvalue weighted by atomic mass is 35.5. The van der Waals surface area contributed by atoms with Crippen LogP contribution in [-0.4, -0.2) is 8.42 Å². The Kier molecular flexibility index (Phi) is 5.01. The third-order valence-electron chi connectivity index (χ3n) is 2.73. The van der Waals surface area contributed by atoms with Gasteiger partial charge in [-0.05, 0) is 29.8 Å². The van der Waals surface area contributed by atoms with Crippen molar-refractivity contribution in [2.75, 3.05) is 4.72 Å². The third-order valence-corrected chi connectivity index (χ3v) is 5.24. The van der Waals surface area contributed by atoms with Crippen molar-refractivity contribution in [1.29, 1.82) is 0 Å². The second kappa shape index (κ2) is 6.42. The molecule has 112 valence electrons. The predicted octanol–water partition coefficient (Wildman–Crippen LogP) is 3.91. The van der Waals surface area contributed by atoms with E-state index in [1.54, 1.807) is 24.3 Å². The maximum absolute atomic E-state index is 12.4. The lowest BCUT2D eigenvalue weighted by Crippen LogP contribution is -2.14. The number of nitrogens with two attached hydrogens (primary N) is 1. The molecule has 0 bridgehead atoms. The van der Waals surface area contributed by atoms with Gasteiger partial charge >= 0.3 is 0 Å². The first-order valence-electron chi connectivity index (χ1n) is 5.80. The van der Waals surface area contributed by atoms with Gasteiger partial charge in [0.25, 0.3) is 10.0 Å². The molecule has 0 unspecified atom stereocenters. The van der Waals surface area contributed by atoms with Crippen molar-refractivity contribution >= 4 is 50.5 Å². The molecule has 0 saturated carbocycles. The van der Waals surface area contributed by atoms with Crippen LogP contribution in [0.25, 0.3) is 0 Å². The number of nitrogens with one attached hydrogen (secondary N) is 1. The molecule has 0 aliphatic heterocycles. The van der Waals surface area contributed by atoms with Crippen molar-refractivity contribution in [3.8, 4) is 0 Å². The summed E-state index contributed by atoms with van der Waals surface area (Å²) in [6.45, 7) is 0.102. The molecular weight excluding hydrogens is 355 g/mol. The largest absolute Gasteiger partial charge is 0.326 e. The molecule has 2 rings (SSSR count). The first kappa shape index (κ1) is 16.4. The second-order valence-corrected chi connectivity index (χ2v) is 7.04. The van der Waals surface area contributed by atoms with Crippen LogP contribution in [0.3, 0.4) is 0 Å². The van der Waals surface area contributed by atoms with Crippen molar-refractivity contribution in [3.05, 3.63) is 57.0 Å². The summed E-state index contributed by atoms with van der Waals surface area (Å²) < 4.78 is 27.2. The topological polar surface area (TPSA) is 72.2 Å². The minimum atomic E-state index is -3.90. The Balaban J connectivity index is 2.47. The predicted molar refractivity (Wildman–Crippen MR) is 86.6 cm³/mol. The number of rotatable bonds is 4. The average Bonchev–Trinajstić information content (AvgIpc) is 2.41. The fraction of sp³-hybridized carbons (Fsp3) is 0.0769. The van der Waals surface area contributed by atoms with E-state index in [-0.39, 0.29) is 27.2 Å². The Morgan fingerprint density at radius 3 is 2.29 bits per heavy atom. The van der Waals surface area contributed by atoms with E-state index >= 15 is 0 Å². The van der Waals surface area contributed by atoms with Crippen molar-refractivity contribution < 1.29 is 8.42 Å². The second-order valence-electron chi connectivity index (χ2n) is 4.16. The number of sulfonamides is 1. The summed E-state index contributed by atoms with van der Waals surface area (Å²) in [7, 11) is -3.90. The minimum Gasteiger partial charge on any atom is -0.326 e. The van der Waals surface area contributed by atoms with Crippen LogP contribution >= 0.6 is 34.8 Å². The SMILES string of the molecule is NCc1cc(S(=O)(=O)Nc2ccccc2Cl)c(Cl)cc1Cl. The Morgan fingerprint density at radius 1 is 1.00 bits per heavy atom. The standard InChI is InChI=1S/C13H11Cl3N2O2S/c14-9-3-1-2-4-12(9)18-21(19,20)13-5-8(7-17)10(15)6-11(13)16/h1-6,18H,7,17H2. The van der Waals surface area contributed by atoms with Crippen molar-refractivity contribution in [1.82, 2.24) is 0 Å². The third kappa shape index (κ3) is 3.62. The molecule has 0 radical (unpaired) electrons. The summed E-state index contributed by atoms with van der Waals surface area (Å²) in [4.78, 5) is -0.103. The lowest BCUT2D eigenvalue weighted by molar-refractivity contribution is 0.601. The van der Waals surface area contributed by atoms with E-state index in [4.69, 9.17) is 40.5 Å².